The van der Waals surface area contributed by atoms with Gasteiger partial charge in [-0.3, -0.25) is 10.1 Å². The lowest BCUT2D eigenvalue weighted by Gasteiger charge is -2.12. The number of nitrogens with one attached hydrogen (secondary N) is 2. The minimum atomic E-state index is -0.364. The van der Waals surface area contributed by atoms with Gasteiger partial charge in [-0.05, 0) is 61.6 Å². The molecule has 0 unspecified atom stereocenters. The Kier molecular flexibility index (Phi) is 5.93. The third-order valence-corrected chi connectivity index (χ3v) is 6.29. The molecule has 0 fully saturated rings. The van der Waals surface area contributed by atoms with Crippen LogP contribution in [-0.4, -0.2) is 62.3 Å². The lowest BCUT2D eigenvalue weighted by molar-refractivity contribution is 0.260. The Morgan fingerprint density at radius 1 is 0.947 bits per heavy atom. The molecule has 0 saturated heterocycles. The fourth-order valence-corrected chi connectivity index (χ4v) is 4.44. The van der Waals surface area contributed by atoms with Crippen molar-refractivity contribution >= 4 is 27.8 Å². The van der Waals surface area contributed by atoms with E-state index < -0.39 is 0 Å². The summed E-state index contributed by atoms with van der Waals surface area (Å²) < 4.78 is 20.4. The van der Waals surface area contributed by atoms with Crippen molar-refractivity contribution in [3.63, 3.8) is 0 Å². The molecular formula is C28H25FN8O. The Morgan fingerprint density at radius 3 is 2.66 bits per heavy atom. The number of halogens is 1. The first-order chi connectivity index (χ1) is 18.4. The molecule has 4 N–H and O–H groups in total. The number of pyridine rings is 3. The van der Waals surface area contributed by atoms with Crippen LogP contribution in [0.2, 0.25) is 0 Å². The number of fused-ring (bicyclic) bond motifs is 2. The maximum Gasteiger partial charge on any atom is 0.181 e. The van der Waals surface area contributed by atoms with Gasteiger partial charge in [-0.2, -0.15) is 5.10 Å². The molecule has 38 heavy (non-hydrogen) atoms. The van der Waals surface area contributed by atoms with E-state index in [2.05, 4.69) is 30.1 Å². The molecule has 10 heteroatoms. The van der Waals surface area contributed by atoms with Crippen LogP contribution >= 0.6 is 0 Å². The second kappa shape index (κ2) is 9.56. The first kappa shape index (κ1) is 23.6. The van der Waals surface area contributed by atoms with Crippen LogP contribution in [0, 0.1) is 5.82 Å². The van der Waals surface area contributed by atoms with Crippen molar-refractivity contribution in [1.82, 2.24) is 35.0 Å². The third-order valence-electron chi connectivity index (χ3n) is 6.29. The van der Waals surface area contributed by atoms with Gasteiger partial charge >= 0.3 is 0 Å². The van der Waals surface area contributed by atoms with E-state index in [0.29, 0.717) is 34.9 Å². The Hall–Kier alpha value is -4.83. The molecule has 5 aromatic heterocycles. The molecule has 0 bridgehead atoms. The number of rotatable bonds is 7. The number of hydrogen-bond acceptors (Lipinski definition) is 7. The average Bonchev–Trinajstić information content (AvgIpc) is 3.51. The summed E-state index contributed by atoms with van der Waals surface area (Å²) in [5, 5.41) is 9.15. The summed E-state index contributed by atoms with van der Waals surface area (Å²) in [4.78, 5) is 18.6. The van der Waals surface area contributed by atoms with Crippen molar-refractivity contribution in [1.29, 1.82) is 0 Å². The number of benzene rings is 1. The van der Waals surface area contributed by atoms with Gasteiger partial charge in [0.15, 0.2) is 5.65 Å². The number of aromatic nitrogens is 6. The molecule has 0 atom stereocenters. The topological polar surface area (TPSA) is 122 Å². The zero-order valence-electron chi connectivity index (χ0n) is 20.9. The first-order valence-electron chi connectivity index (χ1n) is 12.1. The predicted octanol–water partition coefficient (Wildman–Crippen LogP) is 4.89. The molecule has 0 aliphatic rings. The first-order valence-corrected chi connectivity index (χ1v) is 12.1. The molecule has 5 heterocycles. The van der Waals surface area contributed by atoms with Gasteiger partial charge in [0.25, 0.3) is 0 Å². The van der Waals surface area contributed by atoms with Crippen LogP contribution in [0.1, 0.15) is 0 Å². The predicted molar refractivity (Wildman–Crippen MR) is 146 cm³/mol. The molecule has 1 aromatic carbocycles. The van der Waals surface area contributed by atoms with Crippen molar-refractivity contribution in [2.75, 3.05) is 33.0 Å². The van der Waals surface area contributed by atoms with E-state index in [0.717, 1.165) is 45.4 Å². The van der Waals surface area contributed by atoms with Crippen molar-refractivity contribution in [3.8, 4) is 39.4 Å². The highest BCUT2D eigenvalue weighted by Crippen LogP contribution is 2.35. The molecule has 9 nitrogen and oxygen atoms in total. The van der Waals surface area contributed by atoms with E-state index >= 15 is 0 Å². The van der Waals surface area contributed by atoms with Gasteiger partial charge in [-0.15, -0.1) is 0 Å². The van der Waals surface area contributed by atoms with Crippen molar-refractivity contribution in [2.45, 2.75) is 0 Å². The van der Waals surface area contributed by atoms with Crippen LogP contribution in [0.15, 0.2) is 67.3 Å². The number of nitrogens with zero attached hydrogens (tertiary/aromatic N) is 5. The van der Waals surface area contributed by atoms with Crippen LogP contribution in [0.3, 0.4) is 0 Å². The largest absolute Gasteiger partial charge is 0.492 e. The summed E-state index contributed by atoms with van der Waals surface area (Å²) in [6.07, 6.45) is 6.80. The maximum atomic E-state index is 14.6. The minimum absolute atomic E-state index is 0.364. The number of H-pyrrole nitrogens is 2. The van der Waals surface area contributed by atoms with Crippen LogP contribution in [0.4, 0.5) is 10.1 Å². The molecule has 0 spiro atoms. The van der Waals surface area contributed by atoms with Crippen LogP contribution < -0.4 is 10.5 Å². The lowest BCUT2D eigenvalue weighted by Crippen LogP contribution is -2.19. The summed E-state index contributed by atoms with van der Waals surface area (Å²) in [5.41, 5.74) is 12.6. The SMILES string of the molecule is CN(C)CCOc1cc(F)cc(-c2ccnc3[nH]c(-c4[nH]nc5ncc(-c6cncc(N)c6)cc45)cc23)c1. The number of nitrogen functional groups attached to an aromatic ring is 1. The Balaban J connectivity index is 1.40. The van der Waals surface area contributed by atoms with Crippen molar-refractivity contribution in [3.05, 3.63) is 73.1 Å². The van der Waals surface area contributed by atoms with E-state index in [4.69, 9.17) is 10.5 Å². The van der Waals surface area contributed by atoms with Gasteiger partial charge in [0.1, 0.15) is 23.8 Å². The van der Waals surface area contributed by atoms with Gasteiger partial charge < -0.3 is 20.4 Å². The smallest absolute Gasteiger partial charge is 0.181 e. The summed E-state index contributed by atoms with van der Waals surface area (Å²) >= 11 is 0. The van der Waals surface area contributed by atoms with E-state index in [1.54, 1.807) is 24.8 Å². The lowest BCUT2D eigenvalue weighted by atomic mass is 10.0. The maximum absolute atomic E-state index is 14.6. The van der Waals surface area contributed by atoms with E-state index in [-0.39, 0.29) is 5.82 Å². The van der Waals surface area contributed by atoms with Crippen molar-refractivity contribution < 1.29 is 9.13 Å². The summed E-state index contributed by atoms with van der Waals surface area (Å²) in [7, 11) is 3.93. The highest BCUT2D eigenvalue weighted by molar-refractivity contribution is 6.00. The molecule has 0 saturated carbocycles. The Bertz CT molecular complexity index is 1770. The molecule has 6 rings (SSSR count). The number of aromatic amines is 2. The number of nitrogens with two attached hydrogens (primary N) is 1. The van der Waals surface area contributed by atoms with Crippen molar-refractivity contribution in [2.24, 2.45) is 0 Å². The van der Waals surface area contributed by atoms with Gasteiger partial charge in [-0.1, -0.05) is 0 Å². The van der Waals surface area contributed by atoms with Gasteiger partial charge in [0, 0.05) is 59.3 Å². The Morgan fingerprint density at radius 2 is 1.82 bits per heavy atom. The monoisotopic (exact) mass is 508 g/mol. The van der Waals surface area contributed by atoms with Gasteiger partial charge in [0.2, 0.25) is 0 Å². The molecule has 0 aliphatic heterocycles. The molecular weight excluding hydrogens is 483 g/mol. The molecule has 0 amide bonds. The fourth-order valence-electron chi connectivity index (χ4n) is 4.44. The zero-order chi connectivity index (χ0) is 26.2. The number of ether oxygens (including phenoxy) is 1. The van der Waals surface area contributed by atoms with Crippen LogP contribution in [0.5, 0.6) is 5.75 Å². The molecule has 190 valence electrons. The molecule has 0 radical (unpaired) electrons. The van der Waals surface area contributed by atoms with E-state index in [9.17, 15) is 4.39 Å². The summed E-state index contributed by atoms with van der Waals surface area (Å²) in [5.74, 6) is 0.119. The normalized spacial score (nSPS) is 11.6. The van der Waals surface area contributed by atoms with Gasteiger partial charge in [0.05, 0.1) is 17.1 Å². The average molecular weight is 509 g/mol. The minimum Gasteiger partial charge on any atom is -0.492 e. The second-order valence-corrected chi connectivity index (χ2v) is 9.33. The highest BCUT2D eigenvalue weighted by Gasteiger charge is 2.16. The Labute approximate surface area is 217 Å². The van der Waals surface area contributed by atoms with Crippen LogP contribution in [-0.2, 0) is 0 Å². The molecule has 6 aromatic rings. The van der Waals surface area contributed by atoms with E-state index in [1.807, 2.05) is 49.3 Å². The van der Waals surface area contributed by atoms with Crippen LogP contribution in [0.25, 0.3) is 55.7 Å². The van der Waals surface area contributed by atoms with E-state index in [1.165, 1.54) is 12.1 Å². The quantitative estimate of drug-likeness (QED) is 0.281. The standard InChI is InChI=1S/C28H25FN8O/c1-37(2)5-6-38-21-9-16(7-19(29)11-21)22-3-4-32-27-23(22)12-25(34-27)26-24-10-18(14-33-28(24)36-35-26)17-8-20(30)15-31-13-17/h3-4,7-15H,5-6,30H2,1-2H3,(H,32,34)(H,33,35,36). The van der Waals surface area contributed by atoms with Gasteiger partial charge in [-0.25, -0.2) is 14.4 Å². The second-order valence-electron chi connectivity index (χ2n) is 9.33. The third kappa shape index (κ3) is 4.53. The zero-order valence-corrected chi connectivity index (χ0v) is 20.9. The summed E-state index contributed by atoms with van der Waals surface area (Å²) in [6, 6.07) is 12.5. The number of hydrogen-bond donors (Lipinski definition) is 3. The summed E-state index contributed by atoms with van der Waals surface area (Å²) in [6.45, 7) is 1.19. The number of anilines is 1. The highest BCUT2D eigenvalue weighted by atomic mass is 19.1. The fraction of sp³-hybridized carbons (Fsp3) is 0.143. The molecule has 0 aliphatic carbocycles. The number of likely N-dealkylation sites (N-methyl/N-ethyl adjacent to an activating group) is 1.